The zero-order valence-electron chi connectivity index (χ0n) is 8.37. The molecule has 0 aliphatic heterocycles. The van der Waals surface area contributed by atoms with E-state index in [2.05, 4.69) is 42.6 Å². The summed E-state index contributed by atoms with van der Waals surface area (Å²) in [6.07, 6.45) is 1.14. The molecule has 0 fully saturated rings. The van der Waals surface area contributed by atoms with E-state index in [1.54, 1.807) is 0 Å². The lowest BCUT2D eigenvalue weighted by Crippen LogP contribution is -1.74. The van der Waals surface area contributed by atoms with Crippen molar-refractivity contribution in [2.24, 2.45) is 0 Å². The third-order valence-corrected chi connectivity index (χ3v) is 2.54. The summed E-state index contributed by atoms with van der Waals surface area (Å²) in [6, 6.07) is 12.5. The quantitative estimate of drug-likeness (QED) is 0.421. The van der Waals surface area contributed by atoms with Gasteiger partial charge in [0.1, 0.15) is 10.3 Å². The van der Waals surface area contributed by atoms with E-state index < -0.39 is 5.09 Å². The van der Waals surface area contributed by atoms with Crippen LogP contribution in [0.3, 0.4) is 0 Å². The van der Waals surface area contributed by atoms with Crippen LogP contribution >= 0.6 is 11.3 Å². The maximum absolute atomic E-state index is 8.25. The lowest BCUT2D eigenvalue weighted by Gasteiger charge is -1.76. The molecule has 82 valence electrons. The molecule has 0 aliphatic carbocycles. The van der Waals surface area contributed by atoms with Crippen molar-refractivity contribution in [1.82, 2.24) is 0 Å². The van der Waals surface area contributed by atoms with Crippen LogP contribution < -0.4 is 0 Å². The van der Waals surface area contributed by atoms with E-state index in [4.69, 9.17) is 15.3 Å². The van der Waals surface area contributed by atoms with Crippen LogP contribution in [0.25, 0.3) is 0 Å². The minimum absolute atomic E-state index is 1.14. The molecule has 0 aliphatic rings. The molecule has 0 radical (unpaired) electrons. The van der Waals surface area contributed by atoms with Crippen LogP contribution in [0.5, 0.6) is 0 Å². The van der Waals surface area contributed by atoms with Crippen LogP contribution in [0, 0.1) is 15.3 Å². The Morgan fingerprint density at radius 2 is 1.73 bits per heavy atom. The highest BCUT2D eigenvalue weighted by atomic mass is 32.1. The lowest BCUT2D eigenvalue weighted by atomic mass is 10.4. The fraction of sp³-hybridized carbons (Fsp3) is 0.200. The summed E-state index contributed by atoms with van der Waals surface area (Å²) in [7, 11) is 0. The van der Waals surface area contributed by atoms with Crippen LogP contribution in [0.1, 0.15) is 11.8 Å². The summed E-state index contributed by atoms with van der Waals surface area (Å²) in [4.78, 5) is 9.71. The van der Waals surface area contributed by atoms with Gasteiger partial charge in [0.15, 0.2) is 0 Å². The highest BCUT2D eigenvalue weighted by molar-refractivity contribution is 7.09. The summed E-state index contributed by atoms with van der Waals surface area (Å²) in [5.41, 5.74) is 0. The first kappa shape index (κ1) is 13.4. The molecule has 1 aromatic heterocycles. The fourth-order valence-corrected chi connectivity index (χ4v) is 1.53. The maximum atomic E-state index is 8.25. The van der Waals surface area contributed by atoms with Crippen molar-refractivity contribution in [3.8, 4) is 0 Å². The van der Waals surface area contributed by atoms with E-state index in [1.807, 2.05) is 6.07 Å². The van der Waals surface area contributed by atoms with Gasteiger partial charge < -0.3 is 15.3 Å². The molecule has 0 saturated carbocycles. The second-order valence-electron chi connectivity index (χ2n) is 2.48. The predicted octanol–water partition coefficient (Wildman–Crippen LogP) is 2.93. The van der Waals surface area contributed by atoms with Gasteiger partial charge in [0.05, 0.1) is 5.09 Å². The average molecular weight is 227 g/mol. The van der Waals surface area contributed by atoms with Gasteiger partial charge in [-0.2, -0.15) is 0 Å². The molecule has 0 saturated heterocycles. The van der Waals surface area contributed by atoms with Gasteiger partial charge in [-0.05, 0) is 23.5 Å². The van der Waals surface area contributed by atoms with Crippen molar-refractivity contribution >= 4 is 11.3 Å². The number of hydrogen-bond donors (Lipinski definition) is 0. The predicted molar refractivity (Wildman–Crippen MR) is 63.1 cm³/mol. The molecule has 1 heterocycles. The first-order valence-corrected chi connectivity index (χ1v) is 5.34. The summed E-state index contributed by atoms with van der Waals surface area (Å²) in [6.45, 7) is 2.19. The zero-order valence-corrected chi connectivity index (χ0v) is 9.26. The highest BCUT2D eigenvalue weighted by Gasteiger charge is 1.87. The van der Waals surface area contributed by atoms with Gasteiger partial charge in [-0.3, -0.25) is 0 Å². The number of aryl methyl sites for hydroxylation is 1. The SMILES string of the molecule is CCc1ccccccc[sH+]1.O=[N+]([O-])[O-]. The molecule has 0 unspecified atom stereocenters. The summed E-state index contributed by atoms with van der Waals surface area (Å²) < 4.78 is 0. The van der Waals surface area contributed by atoms with Crippen LogP contribution in [-0.4, -0.2) is 5.09 Å². The summed E-state index contributed by atoms with van der Waals surface area (Å²) in [5, 5.41) is 16.9. The van der Waals surface area contributed by atoms with Crippen LogP contribution in [0.15, 0.2) is 41.8 Å². The van der Waals surface area contributed by atoms with Crippen molar-refractivity contribution < 1.29 is 5.09 Å². The van der Waals surface area contributed by atoms with E-state index in [0.29, 0.717) is 0 Å². The van der Waals surface area contributed by atoms with Gasteiger partial charge in [-0.25, -0.2) is 0 Å². The molecule has 4 nitrogen and oxygen atoms in total. The molecule has 0 aromatic carbocycles. The van der Waals surface area contributed by atoms with Gasteiger partial charge in [-0.15, -0.1) is 0 Å². The number of nitrogens with zero attached hydrogens (tertiary/aromatic N) is 1. The van der Waals surface area contributed by atoms with Crippen LogP contribution in [-0.2, 0) is 6.42 Å². The molecule has 0 N–H and O–H groups in total. The highest BCUT2D eigenvalue weighted by Crippen LogP contribution is 2.03. The standard InChI is InChI=1S/C10H12S.NO3/c1-2-10-8-6-4-3-5-7-9-11-10;2-1(3)4/h3-9H,2H2,1H3;/q;-1/p+1. The molecular weight excluding hydrogens is 214 g/mol. The fourth-order valence-electron chi connectivity index (χ4n) is 0.800. The Morgan fingerprint density at radius 3 is 2.33 bits per heavy atom. The molecule has 1 aromatic rings. The molecule has 1 rings (SSSR count). The van der Waals surface area contributed by atoms with E-state index in [9.17, 15) is 0 Å². The third kappa shape index (κ3) is 10.3. The van der Waals surface area contributed by atoms with E-state index in [0.717, 1.165) is 6.42 Å². The average Bonchev–Trinajstić information content (AvgIpc) is 2.29. The molecule has 0 atom stereocenters. The molecule has 15 heavy (non-hydrogen) atoms. The zero-order chi connectivity index (χ0) is 11.5. The van der Waals surface area contributed by atoms with Gasteiger partial charge in [0, 0.05) is 6.42 Å². The monoisotopic (exact) mass is 227 g/mol. The molecule has 0 bridgehead atoms. The Morgan fingerprint density at radius 1 is 1.20 bits per heavy atom. The largest absolute Gasteiger partial charge is 0.356 e. The summed E-state index contributed by atoms with van der Waals surface area (Å²) in [5.74, 6) is 0. The molecule has 0 spiro atoms. The maximum Gasteiger partial charge on any atom is 0.147 e. The van der Waals surface area contributed by atoms with Crippen LogP contribution in [0.2, 0.25) is 0 Å². The van der Waals surface area contributed by atoms with E-state index >= 15 is 0 Å². The van der Waals surface area contributed by atoms with E-state index in [1.165, 1.54) is 16.2 Å². The Bertz CT molecular complexity index is 309. The Balaban J connectivity index is 0.000000423. The van der Waals surface area contributed by atoms with Crippen LogP contribution in [0.4, 0.5) is 0 Å². The van der Waals surface area contributed by atoms with Crippen molar-refractivity contribution in [1.29, 1.82) is 0 Å². The summed E-state index contributed by atoms with van der Waals surface area (Å²) >= 11 is 1.32. The second-order valence-corrected chi connectivity index (χ2v) is 3.61. The van der Waals surface area contributed by atoms with Crippen molar-refractivity contribution in [3.63, 3.8) is 0 Å². The third-order valence-electron chi connectivity index (χ3n) is 1.42. The minimum atomic E-state index is -1.75. The molecule has 5 heteroatoms. The van der Waals surface area contributed by atoms with Crippen molar-refractivity contribution in [2.45, 2.75) is 13.3 Å². The van der Waals surface area contributed by atoms with Crippen molar-refractivity contribution in [3.05, 3.63) is 62.0 Å². The number of hydrogen-bond acceptors (Lipinski definition) is 3. The number of rotatable bonds is 1. The van der Waals surface area contributed by atoms with E-state index in [-0.39, 0.29) is 0 Å². The lowest BCUT2D eigenvalue weighted by molar-refractivity contribution is -0.402. The van der Waals surface area contributed by atoms with Crippen molar-refractivity contribution in [2.75, 3.05) is 0 Å². The topological polar surface area (TPSA) is 66.2 Å². The second kappa shape index (κ2) is 8.96. The minimum Gasteiger partial charge on any atom is -0.356 e. The molecule has 0 amide bonds. The first-order valence-electron chi connectivity index (χ1n) is 4.38. The van der Waals surface area contributed by atoms with Gasteiger partial charge >= 0.3 is 0 Å². The van der Waals surface area contributed by atoms with Gasteiger partial charge in [0.25, 0.3) is 0 Å². The first-order chi connectivity index (χ1) is 7.16. The van der Waals surface area contributed by atoms with Gasteiger partial charge in [0.2, 0.25) is 0 Å². The Kier molecular flexibility index (Phi) is 7.99. The molecular formula is C10H13NO3S. The smallest absolute Gasteiger partial charge is 0.147 e. The Labute approximate surface area is 92.3 Å². The normalized spacial score (nSPS) is 8.07. The van der Waals surface area contributed by atoms with Gasteiger partial charge in [-0.1, -0.05) is 31.2 Å². The Hall–Kier alpha value is -1.62.